The minimum absolute atomic E-state index is 0.0956. The van der Waals surface area contributed by atoms with Gasteiger partial charge in [0.1, 0.15) is 5.69 Å². The highest BCUT2D eigenvalue weighted by Crippen LogP contribution is 2.23. The number of pyridine rings is 1. The van der Waals surface area contributed by atoms with E-state index in [9.17, 15) is 14.4 Å². The molecule has 1 atom stereocenters. The molecular formula is C28H22N5O3S. The lowest BCUT2D eigenvalue weighted by molar-refractivity contribution is 0.0641. The number of thiocarbonyl (C=S) groups is 1. The van der Waals surface area contributed by atoms with E-state index >= 15 is 0 Å². The van der Waals surface area contributed by atoms with Crippen molar-refractivity contribution in [3.05, 3.63) is 114 Å². The molecule has 4 aromatic rings. The van der Waals surface area contributed by atoms with Crippen LogP contribution in [0.3, 0.4) is 0 Å². The zero-order chi connectivity index (χ0) is 25.8. The van der Waals surface area contributed by atoms with E-state index < -0.39 is 11.9 Å². The average molecular weight is 509 g/mol. The van der Waals surface area contributed by atoms with Gasteiger partial charge in [0.15, 0.2) is 5.11 Å². The molecule has 9 heteroatoms. The molecule has 0 unspecified atom stereocenters. The summed E-state index contributed by atoms with van der Waals surface area (Å²) in [5.41, 5.74) is 7.30. The third-order valence-corrected chi connectivity index (χ3v) is 6.27. The molecular weight excluding hydrogens is 486 g/mol. The number of rotatable bonds is 6. The van der Waals surface area contributed by atoms with Crippen molar-refractivity contribution in [3.63, 3.8) is 0 Å². The fourth-order valence-electron chi connectivity index (χ4n) is 4.32. The summed E-state index contributed by atoms with van der Waals surface area (Å²) in [6, 6.07) is 26.1. The summed E-state index contributed by atoms with van der Waals surface area (Å²) in [5, 5.41) is 4.80. The third kappa shape index (κ3) is 5.17. The summed E-state index contributed by atoms with van der Waals surface area (Å²) in [6.45, 7) is 0.0956. The lowest BCUT2D eigenvalue weighted by Gasteiger charge is -2.25. The fraction of sp³-hybridized carbons (Fsp3) is 0.107. The van der Waals surface area contributed by atoms with Crippen LogP contribution in [0.25, 0.3) is 10.8 Å². The molecule has 1 aromatic heterocycles. The number of nitrogens with one attached hydrogen (secondary N) is 3. The van der Waals surface area contributed by atoms with Crippen LogP contribution in [0, 0.1) is 6.07 Å². The Morgan fingerprint density at radius 3 is 2.38 bits per heavy atom. The van der Waals surface area contributed by atoms with E-state index in [0.29, 0.717) is 22.9 Å². The normalized spacial score (nSPS) is 13.2. The highest BCUT2D eigenvalue weighted by molar-refractivity contribution is 7.80. The molecule has 0 saturated carbocycles. The molecule has 37 heavy (non-hydrogen) atoms. The van der Waals surface area contributed by atoms with Gasteiger partial charge in [0.25, 0.3) is 17.7 Å². The number of carbonyl (C=O) groups excluding carboxylic acids is 3. The minimum atomic E-state index is -0.457. The molecule has 0 spiro atoms. The zero-order valence-electron chi connectivity index (χ0n) is 19.6. The maximum absolute atomic E-state index is 12.9. The van der Waals surface area contributed by atoms with Gasteiger partial charge < -0.3 is 5.32 Å². The monoisotopic (exact) mass is 508 g/mol. The van der Waals surface area contributed by atoms with Crippen molar-refractivity contribution < 1.29 is 14.4 Å². The van der Waals surface area contributed by atoms with E-state index in [0.717, 1.165) is 10.9 Å². The Morgan fingerprint density at radius 1 is 0.946 bits per heavy atom. The quantitative estimate of drug-likeness (QED) is 0.209. The molecule has 0 aliphatic carbocycles. The Kier molecular flexibility index (Phi) is 6.87. The lowest BCUT2D eigenvalue weighted by atomic mass is 10.1. The molecule has 183 valence electrons. The third-order valence-electron chi connectivity index (χ3n) is 6.05. The number of benzene rings is 3. The van der Waals surface area contributed by atoms with Gasteiger partial charge in [-0.3, -0.25) is 35.1 Å². The predicted octanol–water partition coefficient (Wildman–Crippen LogP) is 3.05. The number of hydrogen-bond acceptors (Lipinski definition) is 5. The Hall–Kier alpha value is -4.63. The number of aromatic nitrogens is 1. The molecule has 3 N–H and O–H groups in total. The molecule has 8 nitrogen and oxygen atoms in total. The van der Waals surface area contributed by atoms with E-state index in [1.807, 2.05) is 30.3 Å². The molecule has 3 amide bonds. The highest BCUT2D eigenvalue weighted by Gasteiger charge is 2.36. The van der Waals surface area contributed by atoms with Crippen LogP contribution < -0.4 is 16.2 Å². The van der Waals surface area contributed by atoms with E-state index in [1.54, 1.807) is 54.7 Å². The van der Waals surface area contributed by atoms with Crippen molar-refractivity contribution in [2.45, 2.75) is 12.5 Å². The van der Waals surface area contributed by atoms with E-state index in [2.05, 4.69) is 27.2 Å². The number of nitrogens with zero attached hydrogens (tertiary/aromatic N) is 2. The molecule has 1 aliphatic rings. The van der Waals surface area contributed by atoms with Crippen molar-refractivity contribution in [1.82, 2.24) is 26.1 Å². The number of imide groups is 1. The van der Waals surface area contributed by atoms with Crippen molar-refractivity contribution in [3.8, 4) is 0 Å². The summed E-state index contributed by atoms with van der Waals surface area (Å²) in [4.78, 5) is 44.1. The Balaban J connectivity index is 1.28. The van der Waals surface area contributed by atoms with E-state index in [4.69, 9.17) is 12.2 Å². The number of fused-ring (bicyclic) bond motifs is 2. The van der Waals surface area contributed by atoms with Crippen LogP contribution in [0.5, 0.6) is 0 Å². The van der Waals surface area contributed by atoms with Gasteiger partial charge in [0, 0.05) is 18.1 Å². The number of hydrogen-bond donors (Lipinski definition) is 3. The van der Waals surface area contributed by atoms with Crippen LogP contribution in [-0.2, 0) is 6.42 Å². The van der Waals surface area contributed by atoms with Crippen molar-refractivity contribution >= 4 is 45.8 Å². The fourth-order valence-corrected chi connectivity index (χ4v) is 4.54. The second-order valence-electron chi connectivity index (χ2n) is 8.51. The van der Waals surface area contributed by atoms with Gasteiger partial charge in [-0.25, -0.2) is 0 Å². The van der Waals surface area contributed by atoms with Crippen molar-refractivity contribution in [1.29, 1.82) is 0 Å². The molecule has 0 bridgehead atoms. The van der Waals surface area contributed by atoms with Gasteiger partial charge in [-0.2, -0.15) is 0 Å². The Bertz CT molecular complexity index is 1470. The van der Waals surface area contributed by atoms with Crippen LogP contribution >= 0.6 is 12.2 Å². The molecule has 1 radical (unpaired) electrons. The minimum Gasteiger partial charge on any atom is -0.356 e. The van der Waals surface area contributed by atoms with Crippen LogP contribution in [-0.4, -0.2) is 45.3 Å². The summed E-state index contributed by atoms with van der Waals surface area (Å²) in [5.74, 6) is -1.14. The molecule has 5 rings (SSSR count). The number of amides is 3. The molecule has 0 fully saturated rings. The van der Waals surface area contributed by atoms with Gasteiger partial charge >= 0.3 is 0 Å². The van der Waals surface area contributed by atoms with Gasteiger partial charge in [0.05, 0.1) is 17.2 Å². The van der Waals surface area contributed by atoms with E-state index in [1.165, 1.54) is 4.90 Å². The predicted molar refractivity (Wildman–Crippen MR) is 143 cm³/mol. The first-order valence-electron chi connectivity index (χ1n) is 11.6. The lowest BCUT2D eigenvalue weighted by Crippen LogP contribution is -2.53. The smallest absolute Gasteiger partial charge is 0.288 e. The standard InChI is InChI=1S/C28H22N5O3S/c34-25(24-21-11-5-4-10-19(21)14-15-29-24)31-32-28(37)30-20(16-18-8-2-1-3-9-18)17-33-26(35)22-12-6-7-13-23(22)27(33)36/h1-3,5-15,20H,16-17H2,(H,31,34)(H2,30,32,37)/t20-/m0/s1. The summed E-state index contributed by atoms with van der Waals surface area (Å²) < 4.78 is 0. The summed E-state index contributed by atoms with van der Waals surface area (Å²) >= 11 is 5.43. The number of carbonyl (C=O) groups is 3. The second kappa shape index (κ2) is 10.5. The van der Waals surface area contributed by atoms with E-state index in [-0.39, 0.29) is 29.2 Å². The van der Waals surface area contributed by atoms with Crippen LogP contribution in [0.4, 0.5) is 0 Å². The first-order chi connectivity index (χ1) is 18.0. The van der Waals surface area contributed by atoms with Gasteiger partial charge in [-0.1, -0.05) is 54.6 Å². The van der Waals surface area contributed by atoms with Crippen LogP contribution in [0.15, 0.2) is 85.1 Å². The van der Waals surface area contributed by atoms with Crippen molar-refractivity contribution in [2.24, 2.45) is 0 Å². The maximum Gasteiger partial charge on any atom is 0.288 e. The Labute approximate surface area is 218 Å². The summed E-state index contributed by atoms with van der Waals surface area (Å²) in [6.07, 6.45) is 2.05. The molecule has 0 saturated heterocycles. The van der Waals surface area contributed by atoms with Crippen LogP contribution in [0.1, 0.15) is 36.8 Å². The maximum atomic E-state index is 12.9. The topological polar surface area (TPSA) is 103 Å². The Morgan fingerprint density at radius 2 is 1.65 bits per heavy atom. The highest BCUT2D eigenvalue weighted by atomic mass is 32.1. The first-order valence-corrected chi connectivity index (χ1v) is 12.0. The molecule has 2 heterocycles. The molecule has 3 aromatic carbocycles. The van der Waals surface area contributed by atoms with Gasteiger partial charge in [-0.15, -0.1) is 0 Å². The number of hydrazine groups is 1. The van der Waals surface area contributed by atoms with Crippen LogP contribution in [0.2, 0.25) is 0 Å². The first kappa shape index (κ1) is 24.1. The van der Waals surface area contributed by atoms with Gasteiger partial charge in [-0.05, 0) is 59.9 Å². The SMILES string of the molecule is O=C(NNC(=S)N[C@@H](Cc1ccccc1)CN1C(=O)c2ccccc2C1=O)c1nccc2c[c]ccc12. The van der Waals surface area contributed by atoms with Crippen molar-refractivity contribution in [2.75, 3.05) is 6.54 Å². The second-order valence-corrected chi connectivity index (χ2v) is 8.92. The zero-order valence-corrected chi connectivity index (χ0v) is 20.4. The van der Waals surface area contributed by atoms with Gasteiger partial charge in [0.2, 0.25) is 0 Å². The largest absolute Gasteiger partial charge is 0.356 e. The average Bonchev–Trinajstić information content (AvgIpc) is 3.17. The summed E-state index contributed by atoms with van der Waals surface area (Å²) in [7, 11) is 0. The molecule has 1 aliphatic heterocycles.